The molecule has 1 unspecified atom stereocenters. The lowest BCUT2D eigenvalue weighted by atomic mass is 9.92. The number of hydrogen-bond acceptors (Lipinski definition) is 4. The van der Waals surface area contributed by atoms with Crippen molar-refractivity contribution >= 4 is 41.0 Å². The van der Waals surface area contributed by atoms with Gasteiger partial charge in [-0.15, -0.1) is 6.42 Å². The van der Waals surface area contributed by atoms with Gasteiger partial charge >= 0.3 is 6.03 Å². The second kappa shape index (κ2) is 12.7. The molecule has 2 fully saturated rings. The summed E-state index contributed by atoms with van der Waals surface area (Å²) in [6, 6.07) is 13.9. The molecule has 0 spiro atoms. The van der Waals surface area contributed by atoms with E-state index in [1.807, 2.05) is 50.2 Å². The Morgan fingerprint density at radius 1 is 1.13 bits per heavy atom. The van der Waals surface area contributed by atoms with Crippen LogP contribution in [-0.2, 0) is 22.6 Å². The standard InChI is InChI=1S/C29H33Cl2N5O3/c1-4-14-34-19-26(37)35-25(36(34)29(39)32-17-22-9-7-6-8-10-22)18-33(28(38)27(35)20(3)5-2)15-13-21-11-12-23(30)24(31)16-21/h1,6-12,16,20,25,27H,5,13-15,17-19H2,2-3H3,(H,32,39)/t20?,25-,27-/m0/s1. The Morgan fingerprint density at radius 2 is 1.87 bits per heavy atom. The van der Waals surface area contributed by atoms with E-state index in [4.69, 9.17) is 29.6 Å². The lowest BCUT2D eigenvalue weighted by Crippen LogP contribution is -2.77. The predicted molar refractivity (Wildman–Crippen MR) is 152 cm³/mol. The molecular formula is C29H33Cl2N5O3. The van der Waals surface area contributed by atoms with Crippen molar-refractivity contribution in [1.29, 1.82) is 0 Å². The van der Waals surface area contributed by atoms with E-state index in [0.29, 0.717) is 36.0 Å². The zero-order valence-corrected chi connectivity index (χ0v) is 23.7. The fraction of sp³-hybridized carbons (Fsp3) is 0.414. The number of terminal acetylenes is 1. The first-order valence-corrected chi connectivity index (χ1v) is 13.8. The summed E-state index contributed by atoms with van der Waals surface area (Å²) in [4.78, 5) is 44.2. The molecule has 0 aromatic heterocycles. The third-order valence-electron chi connectivity index (χ3n) is 7.37. The van der Waals surface area contributed by atoms with E-state index in [-0.39, 0.29) is 43.4 Å². The van der Waals surface area contributed by atoms with E-state index < -0.39 is 12.2 Å². The zero-order chi connectivity index (χ0) is 28.1. The van der Waals surface area contributed by atoms with Crippen molar-refractivity contribution in [1.82, 2.24) is 25.1 Å². The number of rotatable bonds is 8. The molecule has 2 heterocycles. The van der Waals surface area contributed by atoms with Gasteiger partial charge in [0.25, 0.3) is 0 Å². The predicted octanol–water partition coefficient (Wildman–Crippen LogP) is 4.02. The molecule has 8 nitrogen and oxygen atoms in total. The third kappa shape index (κ3) is 6.33. The molecule has 4 amide bonds. The lowest BCUT2D eigenvalue weighted by Gasteiger charge is -2.55. The first-order chi connectivity index (χ1) is 18.7. The first kappa shape index (κ1) is 28.8. The zero-order valence-electron chi connectivity index (χ0n) is 22.1. The fourth-order valence-electron chi connectivity index (χ4n) is 5.14. The highest BCUT2D eigenvalue weighted by Crippen LogP contribution is 2.31. The molecule has 39 heavy (non-hydrogen) atoms. The van der Waals surface area contributed by atoms with Crippen LogP contribution in [0.2, 0.25) is 10.0 Å². The maximum atomic E-state index is 13.8. The molecule has 2 aromatic rings. The molecule has 2 aliphatic heterocycles. The van der Waals surface area contributed by atoms with Crippen LogP contribution < -0.4 is 5.32 Å². The number of halogens is 2. The van der Waals surface area contributed by atoms with Crippen LogP contribution in [0.3, 0.4) is 0 Å². The number of hydrogen-bond donors (Lipinski definition) is 1. The number of nitrogens with one attached hydrogen (secondary N) is 1. The number of carbonyl (C=O) groups is 3. The van der Waals surface area contributed by atoms with Gasteiger partial charge in [-0.3, -0.25) is 9.59 Å². The molecule has 0 aliphatic carbocycles. The molecule has 3 atom stereocenters. The van der Waals surface area contributed by atoms with Crippen molar-refractivity contribution in [2.24, 2.45) is 5.92 Å². The van der Waals surface area contributed by atoms with Crippen LogP contribution in [-0.4, -0.2) is 76.0 Å². The van der Waals surface area contributed by atoms with Crippen molar-refractivity contribution in [3.8, 4) is 12.3 Å². The summed E-state index contributed by atoms with van der Waals surface area (Å²) in [7, 11) is 0. The van der Waals surface area contributed by atoms with Gasteiger partial charge in [0.2, 0.25) is 11.8 Å². The van der Waals surface area contributed by atoms with Crippen LogP contribution in [0.25, 0.3) is 0 Å². The number of benzene rings is 2. The summed E-state index contributed by atoms with van der Waals surface area (Å²) >= 11 is 12.3. The van der Waals surface area contributed by atoms with Gasteiger partial charge in [-0.05, 0) is 35.6 Å². The largest absolute Gasteiger partial charge is 0.337 e. The Labute approximate surface area is 239 Å². The van der Waals surface area contributed by atoms with Gasteiger partial charge in [0.15, 0.2) is 0 Å². The number of fused-ring (bicyclic) bond motifs is 1. The van der Waals surface area contributed by atoms with Crippen LogP contribution in [0.5, 0.6) is 0 Å². The van der Waals surface area contributed by atoms with Crippen molar-refractivity contribution < 1.29 is 14.4 Å². The SMILES string of the molecule is C#CCN1CC(=O)N2[C@@H](C(C)CC)C(=O)N(CCc3ccc(Cl)c(Cl)c3)C[C@@H]2N1C(=O)NCc1ccccc1. The molecule has 0 saturated carbocycles. The minimum atomic E-state index is -0.694. The number of hydrazine groups is 1. The van der Waals surface area contributed by atoms with E-state index in [9.17, 15) is 14.4 Å². The maximum absolute atomic E-state index is 13.8. The summed E-state index contributed by atoms with van der Waals surface area (Å²) in [6.45, 7) is 4.84. The Hall–Kier alpha value is -3.25. The van der Waals surface area contributed by atoms with Crippen LogP contribution in [0.1, 0.15) is 31.4 Å². The summed E-state index contributed by atoms with van der Waals surface area (Å²) in [6.07, 6.45) is 6.17. The molecule has 2 aliphatic rings. The van der Waals surface area contributed by atoms with E-state index in [1.165, 1.54) is 5.01 Å². The summed E-state index contributed by atoms with van der Waals surface area (Å²) in [5, 5.41) is 7.00. The third-order valence-corrected chi connectivity index (χ3v) is 8.11. The van der Waals surface area contributed by atoms with Crippen LogP contribution >= 0.6 is 23.2 Å². The lowest BCUT2D eigenvalue weighted by molar-refractivity contribution is -0.192. The number of urea groups is 1. The number of carbonyl (C=O) groups excluding carboxylic acids is 3. The number of piperazine rings is 1. The summed E-state index contributed by atoms with van der Waals surface area (Å²) in [5.74, 6) is 2.12. The number of amides is 4. The monoisotopic (exact) mass is 569 g/mol. The van der Waals surface area contributed by atoms with Crippen LogP contribution in [0, 0.1) is 18.3 Å². The van der Waals surface area contributed by atoms with E-state index in [0.717, 1.165) is 11.1 Å². The maximum Gasteiger partial charge on any atom is 0.334 e. The molecule has 2 saturated heterocycles. The van der Waals surface area contributed by atoms with Crippen LogP contribution in [0.4, 0.5) is 4.79 Å². The van der Waals surface area contributed by atoms with Gasteiger partial charge in [-0.2, -0.15) is 5.01 Å². The Kier molecular flexibility index (Phi) is 9.39. The van der Waals surface area contributed by atoms with Crippen molar-refractivity contribution in [3.05, 3.63) is 69.7 Å². The van der Waals surface area contributed by atoms with E-state index >= 15 is 0 Å². The van der Waals surface area contributed by atoms with E-state index in [2.05, 4.69) is 11.2 Å². The molecule has 2 aromatic carbocycles. The molecule has 206 valence electrons. The molecular weight excluding hydrogens is 537 g/mol. The fourth-order valence-corrected chi connectivity index (χ4v) is 5.46. The minimum absolute atomic E-state index is 0.0804. The normalized spacial score (nSPS) is 20.4. The van der Waals surface area contributed by atoms with Crippen molar-refractivity contribution in [2.45, 2.75) is 45.4 Å². The van der Waals surface area contributed by atoms with Gasteiger partial charge in [0, 0.05) is 13.1 Å². The highest BCUT2D eigenvalue weighted by atomic mass is 35.5. The Bertz CT molecular complexity index is 1250. The van der Waals surface area contributed by atoms with Crippen molar-refractivity contribution in [3.63, 3.8) is 0 Å². The Balaban J connectivity index is 1.63. The van der Waals surface area contributed by atoms with E-state index in [1.54, 1.807) is 26.9 Å². The molecule has 1 N–H and O–H groups in total. The topological polar surface area (TPSA) is 76.2 Å². The highest BCUT2D eigenvalue weighted by molar-refractivity contribution is 6.42. The quantitative estimate of drug-likeness (QED) is 0.487. The second-order valence-corrected chi connectivity index (χ2v) is 10.7. The van der Waals surface area contributed by atoms with Crippen molar-refractivity contribution in [2.75, 3.05) is 26.2 Å². The smallest absolute Gasteiger partial charge is 0.334 e. The van der Waals surface area contributed by atoms with Gasteiger partial charge < -0.3 is 15.1 Å². The Morgan fingerprint density at radius 3 is 2.54 bits per heavy atom. The number of nitrogens with zero attached hydrogens (tertiary/aromatic N) is 4. The molecule has 0 radical (unpaired) electrons. The van der Waals surface area contributed by atoms with Gasteiger partial charge in [0.05, 0.1) is 29.7 Å². The average molecular weight is 571 g/mol. The first-order valence-electron chi connectivity index (χ1n) is 13.1. The highest BCUT2D eigenvalue weighted by Gasteiger charge is 2.52. The van der Waals surface area contributed by atoms with Gasteiger partial charge in [0.1, 0.15) is 12.2 Å². The summed E-state index contributed by atoms with van der Waals surface area (Å²) in [5.41, 5.74) is 1.88. The minimum Gasteiger partial charge on any atom is -0.337 e. The van der Waals surface area contributed by atoms with Crippen LogP contribution in [0.15, 0.2) is 48.5 Å². The molecule has 4 rings (SSSR count). The average Bonchev–Trinajstić information content (AvgIpc) is 2.93. The van der Waals surface area contributed by atoms with Gasteiger partial charge in [-0.25, -0.2) is 9.80 Å². The second-order valence-electron chi connectivity index (χ2n) is 9.91. The molecule has 10 heteroatoms. The van der Waals surface area contributed by atoms with Gasteiger partial charge in [-0.1, -0.05) is 85.8 Å². The molecule has 0 bridgehead atoms. The summed E-state index contributed by atoms with van der Waals surface area (Å²) < 4.78 is 0.